The smallest absolute Gasteiger partial charge is 0.132 e. The van der Waals surface area contributed by atoms with Crippen LogP contribution >= 0.6 is 0 Å². The number of fused-ring (bicyclic) bond motifs is 1. The Kier molecular flexibility index (Phi) is 2.48. The predicted octanol–water partition coefficient (Wildman–Crippen LogP) is 1.82. The molecular weight excluding hydrogens is 159 g/mol. The maximum atomic E-state index is 11.3. The topological polar surface area (TPSA) is 17.1 Å². The summed E-state index contributed by atoms with van der Waals surface area (Å²) in [7, 11) is 2.36. The van der Waals surface area contributed by atoms with E-state index in [1.165, 1.54) is 32.1 Å². The van der Waals surface area contributed by atoms with Crippen molar-refractivity contribution in [3.8, 4) is 0 Å². The Morgan fingerprint density at radius 1 is 1.15 bits per heavy atom. The largest absolute Gasteiger partial charge is 0.300 e. The minimum Gasteiger partial charge on any atom is -0.300 e. The first-order valence-corrected chi connectivity index (χ1v) is 5.67. The average Bonchev–Trinajstić information content (AvgIpc) is 2.46. The maximum absolute atomic E-state index is 11.3. The van der Waals surface area contributed by atoms with Gasteiger partial charge in [0.2, 0.25) is 0 Å². The van der Waals surface area contributed by atoms with Crippen molar-refractivity contribution in [2.45, 2.75) is 44.8 Å². The average molecular weight is 178 g/mol. The van der Waals surface area contributed by atoms with Crippen LogP contribution in [0.15, 0.2) is 0 Å². The van der Waals surface area contributed by atoms with Gasteiger partial charge in [-0.2, -0.15) is 0 Å². The highest BCUT2D eigenvalue weighted by atomic mass is 16.1. The van der Waals surface area contributed by atoms with Crippen LogP contribution in [0.4, 0.5) is 0 Å². The van der Waals surface area contributed by atoms with E-state index in [9.17, 15) is 4.79 Å². The monoisotopic (exact) mass is 178 g/mol. The highest BCUT2D eigenvalue weighted by Crippen LogP contribution is 2.47. The molecule has 0 amide bonds. The molecule has 0 heterocycles. The molecule has 0 aromatic rings. The molecule has 2 rings (SSSR count). The van der Waals surface area contributed by atoms with Gasteiger partial charge < -0.3 is 0 Å². The number of hydrogen-bond acceptors (Lipinski definition) is 1. The molecule has 1 nitrogen and oxygen atoms in total. The third-order valence-corrected chi connectivity index (χ3v) is 4.15. The third kappa shape index (κ3) is 1.82. The lowest BCUT2D eigenvalue weighted by molar-refractivity contribution is -0.120. The van der Waals surface area contributed by atoms with Gasteiger partial charge in [-0.05, 0) is 31.6 Å². The molecule has 0 spiro atoms. The minimum atomic E-state index is 0.417. The normalized spacial score (nSPS) is 44.4. The van der Waals surface area contributed by atoms with Gasteiger partial charge >= 0.3 is 0 Å². The molecule has 2 saturated carbocycles. The lowest BCUT2D eigenvalue weighted by Crippen LogP contribution is -2.17. The number of ketones is 1. The second-order valence-corrected chi connectivity index (χ2v) is 5.22. The Balaban J connectivity index is 1.98. The van der Waals surface area contributed by atoms with Gasteiger partial charge in [0.05, 0.1) is 0 Å². The van der Waals surface area contributed by atoms with Crippen molar-refractivity contribution < 1.29 is 4.79 Å². The first-order chi connectivity index (χ1) is 6.16. The number of carbonyl (C=O) groups is 1. The molecule has 0 saturated heterocycles. The van der Waals surface area contributed by atoms with Gasteiger partial charge in [-0.1, -0.05) is 25.1 Å². The fourth-order valence-electron chi connectivity index (χ4n) is 3.32. The van der Waals surface area contributed by atoms with Gasteiger partial charge in [0, 0.05) is 5.92 Å². The predicted molar refractivity (Wildman–Crippen MR) is 56.5 cm³/mol. The molecule has 0 bridgehead atoms. The van der Waals surface area contributed by atoms with Crippen LogP contribution in [0.2, 0.25) is 5.82 Å². The number of hydrogen-bond donors (Lipinski definition) is 0. The van der Waals surface area contributed by atoms with Crippen molar-refractivity contribution in [2.75, 3.05) is 0 Å². The molecule has 2 aliphatic rings. The molecular formula is C11H19BO. The fourth-order valence-corrected chi connectivity index (χ4v) is 3.32. The van der Waals surface area contributed by atoms with E-state index in [0.29, 0.717) is 11.7 Å². The Bertz CT molecular complexity index is 214. The first-order valence-electron chi connectivity index (χ1n) is 5.67. The molecule has 4 atom stereocenters. The van der Waals surface area contributed by atoms with Crippen LogP contribution in [-0.2, 0) is 4.79 Å². The second-order valence-electron chi connectivity index (χ2n) is 5.22. The Hall–Kier alpha value is -0.265. The van der Waals surface area contributed by atoms with Gasteiger partial charge in [-0.3, -0.25) is 4.79 Å². The lowest BCUT2D eigenvalue weighted by atomic mass is 9.68. The second kappa shape index (κ2) is 3.47. The Morgan fingerprint density at radius 2 is 1.85 bits per heavy atom. The van der Waals surface area contributed by atoms with E-state index in [4.69, 9.17) is 0 Å². The number of carbonyl (C=O) groups excluding carboxylic acids is 1. The molecule has 4 unspecified atom stereocenters. The summed E-state index contributed by atoms with van der Waals surface area (Å²) in [4.78, 5) is 11.3. The summed E-state index contributed by atoms with van der Waals surface area (Å²) >= 11 is 0. The van der Waals surface area contributed by atoms with Crippen molar-refractivity contribution in [3.63, 3.8) is 0 Å². The van der Waals surface area contributed by atoms with Crippen LogP contribution in [0.25, 0.3) is 0 Å². The summed E-state index contributed by atoms with van der Waals surface area (Å²) in [6.07, 6.45) is 6.56. The van der Waals surface area contributed by atoms with Crippen LogP contribution < -0.4 is 0 Å². The van der Waals surface area contributed by atoms with Crippen LogP contribution in [0, 0.1) is 17.8 Å². The van der Waals surface area contributed by atoms with E-state index in [0.717, 1.165) is 17.7 Å². The maximum Gasteiger partial charge on any atom is 0.132 e. The van der Waals surface area contributed by atoms with Gasteiger partial charge in [0.15, 0.2) is 0 Å². The standard InChI is InChI=1S/C11H19BO/c1-7(13)9-4-8-2-3-11(12)6-10(8)5-9/h8-11H,2-6,12H2,1H3. The van der Waals surface area contributed by atoms with Crippen molar-refractivity contribution in [3.05, 3.63) is 0 Å². The Morgan fingerprint density at radius 3 is 2.54 bits per heavy atom. The summed E-state index contributed by atoms with van der Waals surface area (Å²) in [5.41, 5.74) is 0. The molecule has 0 aliphatic heterocycles. The zero-order valence-electron chi connectivity index (χ0n) is 8.75. The highest BCUT2D eigenvalue weighted by Gasteiger charge is 2.38. The summed E-state index contributed by atoms with van der Waals surface area (Å²) in [5, 5.41) is 0. The van der Waals surface area contributed by atoms with E-state index < -0.39 is 0 Å². The zero-order chi connectivity index (χ0) is 9.42. The molecule has 2 heteroatoms. The first kappa shape index (κ1) is 9.30. The molecule has 0 N–H and O–H groups in total. The van der Waals surface area contributed by atoms with Crippen LogP contribution in [-0.4, -0.2) is 13.6 Å². The van der Waals surface area contributed by atoms with Crippen molar-refractivity contribution in [1.82, 2.24) is 0 Å². The fraction of sp³-hybridized carbons (Fsp3) is 0.909. The van der Waals surface area contributed by atoms with Gasteiger partial charge in [0.25, 0.3) is 0 Å². The van der Waals surface area contributed by atoms with Crippen molar-refractivity contribution in [1.29, 1.82) is 0 Å². The van der Waals surface area contributed by atoms with E-state index in [-0.39, 0.29) is 0 Å². The van der Waals surface area contributed by atoms with Gasteiger partial charge in [-0.25, -0.2) is 0 Å². The van der Waals surface area contributed by atoms with E-state index in [1.807, 2.05) is 0 Å². The summed E-state index contributed by atoms with van der Waals surface area (Å²) in [5.74, 6) is 3.54. The summed E-state index contributed by atoms with van der Waals surface area (Å²) in [6, 6.07) is 0. The molecule has 0 radical (unpaired) electrons. The van der Waals surface area contributed by atoms with E-state index in [2.05, 4.69) is 7.85 Å². The van der Waals surface area contributed by atoms with Crippen molar-refractivity contribution >= 4 is 13.6 Å². The minimum absolute atomic E-state index is 0.417. The molecule has 0 aromatic heterocycles. The third-order valence-electron chi connectivity index (χ3n) is 4.15. The Labute approximate surface area is 81.7 Å². The van der Waals surface area contributed by atoms with Gasteiger partial charge in [0.1, 0.15) is 13.6 Å². The van der Waals surface area contributed by atoms with E-state index in [1.54, 1.807) is 6.92 Å². The van der Waals surface area contributed by atoms with Crippen LogP contribution in [0.1, 0.15) is 39.0 Å². The van der Waals surface area contributed by atoms with Crippen molar-refractivity contribution in [2.24, 2.45) is 17.8 Å². The highest BCUT2D eigenvalue weighted by molar-refractivity contribution is 6.11. The molecule has 2 fully saturated rings. The summed E-state index contributed by atoms with van der Waals surface area (Å²) in [6.45, 7) is 1.77. The zero-order valence-corrected chi connectivity index (χ0v) is 8.75. The molecule has 2 aliphatic carbocycles. The number of Topliss-reactive ketones (excluding diaryl/α,β-unsaturated/α-hetero) is 1. The van der Waals surface area contributed by atoms with E-state index >= 15 is 0 Å². The quantitative estimate of drug-likeness (QED) is 0.559. The molecule has 13 heavy (non-hydrogen) atoms. The number of rotatable bonds is 1. The SMILES string of the molecule is BC1CCC2CC(C(C)=O)CC2C1. The van der Waals surface area contributed by atoms with Gasteiger partial charge in [-0.15, -0.1) is 0 Å². The van der Waals surface area contributed by atoms with Crippen LogP contribution in [0.5, 0.6) is 0 Å². The molecule has 0 aromatic carbocycles. The van der Waals surface area contributed by atoms with Crippen LogP contribution in [0.3, 0.4) is 0 Å². The lowest BCUT2D eigenvalue weighted by Gasteiger charge is -2.29. The summed E-state index contributed by atoms with van der Waals surface area (Å²) < 4.78 is 0. The molecule has 72 valence electrons.